The number of aryl methyl sites for hydroxylation is 1. The van der Waals surface area contributed by atoms with Crippen LogP contribution in [0.5, 0.6) is 0 Å². The standard InChI is InChI=1S/C27H32ClN3O3/c1-24(2,3)8-7-18-4-5-19(11-21(18)28)27-9-6-17(12-29)10-20(27)13-31(23(34)30-27)26-14-25(15-26,16-26)22(32)33/h4-5,11,13,17H,6-10,14-16H2,1-3H3,(H,30,34)(H,32,33). The predicted octanol–water partition coefficient (Wildman–Crippen LogP) is 5.75. The lowest BCUT2D eigenvalue weighted by Crippen LogP contribution is -2.78. The number of halogens is 1. The molecule has 2 unspecified atom stereocenters. The van der Waals surface area contributed by atoms with Crippen LogP contribution >= 0.6 is 11.6 Å². The number of carbonyl (C=O) groups excluding carboxylic acids is 1. The van der Waals surface area contributed by atoms with Crippen molar-refractivity contribution in [2.75, 3.05) is 0 Å². The van der Waals surface area contributed by atoms with Crippen LogP contribution in [0.3, 0.4) is 0 Å². The zero-order valence-corrected chi connectivity index (χ0v) is 20.8. The average Bonchev–Trinajstić information content (AvgIpc) is 2.70. The molecule has 2 amide bonds. The van der Waals surface area contributed by atoms with E-state index in [0.717, 1.165) is 29.5 Å². The highest BCUT2D eigenvalue weighted by molar-refractivity contribution is 6.31. The number of carboxylic acids is 1. The van der Waals surface area contributed by atoms with Crippen LogP contribution in [0.1, 0.15) is 76.8 Å². The number of urea groups is 1. The predicted molar refractivity (Wildman–Crippen MR) is 129 cm³/mol. The van der Waals surface area contributed by atoms with Crippen LogP contribution in [-0.2, 0) is 16.8 Å². The molecule has 0 radical (unpaired) electrons. The molecule has 7 heteroatoms. The van der Waals surface area contributed by atoms with Crippen LogP contribution in [0.15, 0.2) is 30.0 Å². The Kier molecular flexibility index (Phi) is 5.12. The minimum Gasteiger partial charge on any atom is -0.481 e. The summed E-state index contributed by atoms with van der Waals surface area (Å²) in [5.74, 6) is -0.867. The fourth-order valence-electron chi connectivity index (χ4n) is 6.46. The van der Waals surface area contributed by atoms with Gasteiger partial charge in [0.25, 0.3) is 0 Å². The third-order valence-electron chi connectivity index (χ3n) is 8.55. The van der Waals surface area contributed by atoms with Crippen molar-refractivity contribution in [2.45, 2.75) is 83.2 Å². The van der Waals surface area contributed by atoms with Crippen LogP contribution in [0, 0.1) is 28.1 Å². The molecule has 1 aromatic carbocycles. The monoisotopic (exact) mass is 481 g/mol. The second kappa shape index (κ2) is 7.49. The zero-order chi connectivity index (χ0) is 24.5. The highest BCUT2D eigenvalue weighted by Crippen LogP contribution is 2.70. The SMILES string of the molecule is CC(C)(C)CCc1ccc(C23CCC(C#N)CC2=CN(C24CC(C(=O)O)(C2)C4)C(=O)N3)cc1Cl. The smallest absolute Gasteiger partial charge is 0.322 e. The number of aliphatic carboxylic acids is 1. The molecule has 2 bridgehead atoms. The van der Waals surface area contributed by atoms with Gasteiger partial charge in [0.2, 0.25) is 0 Å². The molecule has 1 aliphatic heterocycles. The molecule has 0 saturated heterocycles. The van der Waals surface area contributed by atoms with E-state index in [1.54, 1.807) is 4.90 Å². The Balaban J connectivity index is 1.47. The summed E-state index contributed by atoms with van der Waals surface area (Å²) in [6.07, 6.45) is 7.25. The molecule has 2 atom stereocenters. The van der Waals surface area contributed by atoms with Crippen molar-refractivity contribution in [3.8, 4) is 6.07 Å². The van der Waals surface area contributed by atoms with E-state index in [1.807, 2.05) is 12.3 Å². The number of nitrogens with zero attached hydrogens (tertiary/aromatic N) is 2. The summed E-state index contributed by atoms with van der Waals surface area (Å²) in [4.78, 5) is 26.7. The van der Waals surface area contributed by atoms with Gasteiger partial charge < -0.3 is 10.4 Å². The van der Waals surface area contributed by atoms with Gasteiger partial charge in [-0.1, -0.05) is 44.5 Å². The summed E-state index contributed by atoms with van der Waals surface area (Å²) in [6.45, 7) is 6.64. The lowest BCUT2D eigenvalue weighted by molar-refractivity contribution is -0.215. The molecule has 180 valence electrons. The van der Waals surface area contributed by atoms with Gasteiger partial charge in [0.15, 0.2) is 0 Å². The highest BCUT2D eigenvalue weighted by atomic mass is 35.5. The first-order valence-corrected chi connectivity index (χ1v) is 12.5. The maximum atomic E-state index is 13.4. The second-order valence-corrected chi connectivity index (χ2v) is 12.5. The number of nitrogens with one attached hydrogen (secondary N) is 1. The quantitative estimate of drug-likeness (QED) is 0.559. The van der Waals surface area contributed by atoms with Gasteiger partial charge in [0, 0.05) is 11.2 Å². The van der Waals surface area contributed by atoms with E-state index >= 15 is 0 Å². The maximum Gasteiger partial charge on any atom is 0.322 e. The third kappa shape index (κ3) is 3.43. The van der Waals surface area contributed by atoms with Gasteiger partial charge in [-0.05, 0) is 79.5 Å². The average molecular weight is 482 g/mol. The molecule has 34 heavy (non-hydrogen) atoms. The van der Waals surface area contributed by atoms with E-state index in [9.17, 15) is 20.0 Å². The normalized spacial score (nSPS) is 34.1. The molecule has 4 aliphatic carbocycles. The lowest BCUT2D eigenvalue weighted by Gasteiger charge is -2.71. The fraction of sp³-hybridized carbons (Fsp3) is 0.593. The number of carboxylic acid groups (broad SMARTS) is 1. The Hall–Kier alpha value is -2.52. The molecule has 0 spiro atoms. The molecule has 2 N–H and O–H groups in total. The van der Waals surface area contributed by atoms with E-state index in [0.29, 0.717) is 43.5 Å². The van der Waals surface area contributed by atoms with Crippen molar-refractivity contribution >= 4 is 23.6 Å². The number of nitriles is 1. The first kappa shape index (κ1) is 23.2. The molecule has 6 nitrogen and oxygen atoms in total. The second-order valence-electron chi connectivity index (χ2n) is 12.1. The Morgan fingerprint density at radius 1 is 1.32 bits per heavy atom. The summed E-state index contributed by atoms with van der Waals surface area (Å²) in [5.41, 5.74) is 1.53. The number of hydrogen-bond acceptors (Lipinski definition) is 3. The van der Waals surface area contributed by atoms with Crippen LogP contribution < -0.4 is 5.32 Å². The van der Waals surface area contributed by atoms with Gasteiger partial charge in [0.1, 0.15) is 0 Å². The van der Waals surface area contributed by atoms with Gasteiger partial charge in [-0.2, -0.15) is 5.26 Å². The first-order chi connectivity index (χ1) is 15.9. The van der Waals surface area contributed by atoms with Crippen molar-refractivity contribution in [3.63, 3.8) is 0 Å². The number of carbonyl (C=O) groups is 2. The maximum absolute atomic E-state index is 13.4. The Morgan fingerprint density at radius 2 is 2.03 bits per heavy atom. The number of hydrogen-bond donors (Lipinski definition) is 2. The van der Waals surface area contributed by atoms with Gasteiger partial charge in [0.05, 0.1) is 28.5 Å². The number of benzene rings is 1. The molecule has 0 aromatic heterocycles. The van der Waals surface area contributed by atoms with Crippen molar-refractivity contribution in [1.29, 1.82) is 5.26 Å². The minimum atomic E-state index is -0.766. The largest absolute Gasteiger partial charge is 0.481 e. The number of fused-ring (bicyclic) bond motifs is 1. The topological polar surface area (TPSA) is 93.4 Å². The van der Waals surface area contributed by atoms with Crippen LogP contribution in [0.25, 0.3) is 0 Å². The molecular formula is C27H32ClN3O3. The molecule has 1 aromatic rings. The van der Waals surface area contributed by atoms with Gasteiger partial charge >= 0.3 is 12.0 Å². The van der Waals surface area contributed by atoms with E-state index in [2.05, 4.69) is 44.3 Å². The Labute approximate surface area is 206 Å². The van der Waals surface area contributed by atoms with Gasteiger partial charge in [-0.25, -0.2) is 4.79 Å². The molecule has 1 heterocycles. The summed E-state index contributed by atoms with van der Waals surface area (Å²) in [6, 6.07) is 8.34. The first-order valence-electron chi connectivity index (χ1n) is 12.2. The molecule has 4 saturated carbocycles. The van der Waals surface area contributed by atoms with E-state index in [1.165, 1.54) is 0 Å². The van der Waals surface area contributed by atoms with Gasteiger partial charge in [-0.15, -0.1) is 0 Å². The van der Waals surface area contributed by atoms with E-state index in [-0.39, 0.29) is 17.4 Å². The van der Waals surface area contributed by atoms with Crippen molar-refractivity contribution in [2.24, 2.45) is 16.7 Å². The fourth-order valence-corrected chi connectivity index (χ4v) is 6.74. The van der Waals surface area contributed by atoms with Crippen LogP contribution in [-0.4, -0.2) is 27.5 Å². The third-order valence-corrected chi connectivity index (χ3v) is 8.90. The summed E-state index contributed by atoms with van der Waals surface area (Å²) < 4.78 is 0. The van der Waals surface area contributed by atoms with Gasteiger partial charge in [-0.3, -0.25) is 9.69 Å². The Bertz CT molecular complexity index is 1120. The molecular weight excluding hydrogens is 450 g/mol. The molecule has 6 rings (SSSR count). The summed E-state index contributed by atoms with van der Waals surface area (Å²) >= 11 is 6.73. The summed E-state index contributed by atoms with van der Waals surface area (Å²) in [5, 5.41) is 23.1. The molecule has 4 fully saturated rings. The van der Waals surface area contributed by atoms with Crippen molar-refractivity contribution in [3.05, 3.63) is 46.1 Å². The van der Waals surface area contributed by atoms with E-state index < -0.39 is 22.5 Å². The van der Waals surface area contributed by atoms with Crippen molar-refractivity contribution < 1.29 is 14.7 Å². The minimum absolute atomic E-state index is 0.101. The van der Waals surface area contributed by atoms with Crippen LogP contribution in [0.2, 0.25) is 5.02 Å². The number of amides is 2. The van der Waals surface area contributed by atoms with Crippen molar-refractivity contribution in [1.82, 2.24) is 10.2 Å². The zero-order valence-electron chi connectivity index (χ0n) is 20.1. The molecule has 5 aliphatic rings. The Morgan fingerprint density at radius 3 is 2.62 bits per heavy atom. The number of rotatable bonds is 5. The van der Waals surface area contributed by atoms with E-state index in [4.69, 9.17) is 11.6 Å². The van der Waals surface area contributed by atoms with Crippen LogP contribution in [0.4, 0.5) is 4.79 Å². The highest BCUT2D eigenvalue weighted by Gasteiger charge is 2.75. The summed E-state index contributed by atoms with van der Waals surface area (Å²) in [7, 11) is 0. The lowest BCUT2D eigenvalue weighted by atomic mass is 9.38.